The molecule has 3 rings (SSSR count). The number of aromatic nitrogens is 5. The Labute approximate surface area is 120 Å². The molecule has 0 aliphatic rings. The van der Waals surface area contributed by atoms with Crippen LogP contribution in [-0.4, -0.2) is 24.3 Å². The molecule has 0 amide bonds. The number of imidazole rings is 1. The van der Waals surface area contributed by atoms with Crippen LogP contribution in [0.2, 0.25) is 0 Å². The van der Waals surface area contributed by atoms with Gasteiger partial charge in [-0.3, -0.25) is 4.68 Å². The number of aryl methyl sites for hydroxylation is 1. The molecule has 0 aliphatic carbocycles. The summed E-state index contributed by atoms with van der Waals surface area (Å²) in [5.74, 6) is 1.03. The van der Waals surface area contributed by atoms with E-state index in [1.807, 2.05) is 18.5 Å². The van der Waals surface area contributed by atoms with Crippen LogP contribution in [0, 0.1) is 5.82 Å². The summed E-state index contributed by atoms with van der Waals surface area (Å²) in [4.78, 5) is 8.61. The van der Waals surface area contributed by atoms with Gasteiger partial charge in [0.1, 0.15) is 18.0 Å². The number of nitrogens with zero attached hydrogens (tertiary/aromatic N) is 5. The van der Waals surface area contributed by atoms with Crippen molar-refractivity contribution in [1.29, 1.82) is 0 Å². The fourth-order valence-electron chi connectivity index (χ4n) is 2.19. The maximum atomic E-state index is 13.3. The zero-order valence-corrected chi connectivity index (χ0v) is 11.8. The lowest BCUT2D eigenvalue weighted by molar-refractivity contribution is 0.629. The molecule has 2 aromatic heterocycles. The number of hydrogen-bond acceptors (Lipinski definition) is 3. The molecule has 104 valence electrons. The van der Waals surface area contributed by atoms with Crippen LogP contribution in [-0.2, 0) is 13.6 Å². The minimum atomic E-state index is -0.313. The lowest BCUT2D eigenvalue weighted by Crippen LogP contribution is -2.07. The third-order valence-corrected chi connectivity index (χ3v) is 3.24. The molecule has 0 spiro atoms. The third-order valence-electron chi connectivity index (χ3n) is 3.04. The van der Waals surface area contributed by atoms with Gasteiger partial charge in [-0.1, -0.05) is 0 Å². The number of fused-ring (bicyclic) bond motifs is 1. The molecule has 2 heterocycles. The summed E-state index contributed by atoms with van der Waals surface area (Å²) in [7, 11) is 1.81. The Bertz CT molecular complexity index is 761. The van der Waals surface area contributed by atoms with Gasteiger partial charge in [0.2, 0.25) is 0 Å². The van der Waals surface area contributed by atoms with E-state index in [-0.39, 0.29) is 11.2 Å². The lowest BCUT2D eigenvalue weighted by atomic mass is 10.3. The zero-order chi connectivity index (χ0) is 14.3. The Hall–Kier alpha value is -1.95. The molecule has 0 aliphatic heterocycles. The van der Waals surface area contributed by atoms with Gasteiger partial charge in [0, 0.05) is 13.1 Å². The molecule has 1 unspecified atom stereocenters. The van der Waals surface area contributed by atoms with Crippen molar-refractivity contribution in [3.05, 3.63) is 42.0 Å². The van der Waals surface area contributed by atoms with E-state index in [9.17, 15) is 4.39 Å². The molecule has 7 heteroatoms. The Kier molecular flexibility index (Phi) is 3.17. The van der Waals surface area contributed by atoms with Gasteiger partial charge in [0.05, 0.1) is 23.0 Å². The number of rotatable bonds is 3. The first-order valence-corrected chi connectivity index (χ1v) is 6.62. The van der Waals surface area contributed by atoms with Crippen LogP contribution < -0.4 is 0 Å². The molecule has 0 bridgehead atoms. The van der Waals surface area contributed by atoms with Gasteiger partial charge in [0.15, 0.2) is 5.82 Å². The van der Waals surface area contributed by atoms with E-state index < -0.39 is 0 Å². The molecule has 3 aromatic rings. The molecular weight excluding hydrogens is 281 g/mol. The summed E-state index contributed by atoms with van der Waals surface area (Å²) >= 11 is 6.17. The second kappa shape index (κ2) is 4.86. The van der Waals surface area contributed by atoms with Crippen molar-refractivity contribution in [1.82, 2.24) is 24.3 Å². The molecule has 1 atom stereocenters. The summed E-state index contributed by atoms with van der Waals surface area (Å²) in [5, 5.41) is 3.97. The average molecular weight is 294 g/mol. The van der Waals surface area contributed by atoms with Crippen LogP contribution in [0.1, 0.15) is 23.9 Å². The van der Waals surface area contributed by atoms with Gasteiger partial charge in [-0.25, -0.2) is 14.4 Å². The van der Waals surface area contributed by atoms with E-state index >= 15 is 0 Å². The van der Waals surface area contributed by atoms with Crippen molar-refractivity contribution >= 4 is 22.6 Å². The fourth-order valence-corrected chi connectivity index (χ4v) is 2.36. The summed E-state index contributed by atoms with van der Waals surface area (Å²) in [6.45, 7) is 2.29. The fraction of sp³-hybridized carbons (Fsp3) is 0.308. The second-order valence-corrected chi connectivity index (χ2v) is 5.29. The van der Waals surface area contributed by atoms with Gasteiger partial charge in [0.25, 0.3) is 0 Å². The highest BCUT2D eigenvalue weighted by Gasteiger charge is 2.16. The topological polar surface area (TPSA) is 48.5 Å². The van der Waals surface area contributed by atoms with Gasteiger partial charge in [-0.15, -0.1) is 11.6 Å². The maximum absolute atomic E-state index is 13.3. The van der Waals surface area contributed by atoms with Crippen molar-refractivity contribution in [3.63, 3.8) is 0 Å². The third kappa shape index (κ3) is 2.27. The Morgan fingerprint density at radius 2 is 2.20 bits per heavy atom. The van der Waals surface area contributed by atoms with Crippen LogP contribution in [0.4, 0.5) is 4.39 Å². The zero-order valence-electron chi connectivity index (χ0n) is 11.1. The first-order valence-electron chi connectivity index (χ1n) is 6.19. The smallest absolute Gasteiger partial charge is 0.170 e. The van der Waals surface area contributed by atoms with E-state index in [1.165, 1.54) is 12.1 Å². The number of benzene rings is 1. The van der Waals surface area contributed by atoms with E-state index in [4.69, 9.17) is 11.6 Å². The quantitative estimate of drug-likeness (QED) is 0.698. The maximum Gasteiger partial charge on any atom is 0.170 e. The van der Waals surface area contributed by atoms with Crippen molar-refractivity contribution in [3.8, 4) is 0 Å². The predicted octanol–water partition coefficient (Wildman–Crippen LogP) is 2.65. The molecule has 0 fully saturated rings. The van der Waals surface area contributed by atoms with E-state index in [0.29, 0.717) is 23.7 Å². The Morgan fingerprint density at radius 3 is 2.85 bits per heavy atom. The Morgan fingerprint density at radius 1 is 1.40 bits per heavy atom. The van der Waals surface area contributed by atoms with Gasteiger partial charge < -0.3 is 4.57 Å². The number of halogens is 2. The van der Waals surface area contributed by atoms with Crippen LogP contribution in [0.3, 0.4) is 0 Å². The standard InChI is InChI=1S/C13H13ClFN5/c1-8(14)13-17-10-5-9(15)3-4-11(10)20(13)6-12-16-7-19(2)18-12/h3-5,7-8H,6H2,1-2H3. The van der Waals surface area contributed by atoms with Crippen molar-refractivity contribution in [2.45, 2.75) is 18.8 Å². The van der Waals surface area contributed by atoms with Crippen molar-refractivity contribution < 1.29 is 4.39 Å². The average Bonchev–Trinajstić information content (AvgIpc) is 2.94. The highest BCUT2D eigenvalue weighted by atomic mass is 35.5. The van der Waals surface area contributed by atoms with Crippen LogP contribution in [0.15, 0.2) is 24.5 Å². The van der Waals surface area contributed by atoms with Crippen LogP contribution in [0.25, 0.3) is 11.0 Å². The normalized spacial score (nSPS) is 13.0. The monoisotopic (exact) mass is 293 g/mol. The number of hydrogen-bond donors (Lipinski definition) is 0. The minimum Gasteiger partial charge on any atom is -0.319 e. The van der Waals surface area contributed by atoms with Gasteiger partial charge >= 0.3 is 0 Å². The highest BCUT2D eigenvalue weighted by molar-refractivity contribution is 6.20. The highest BCUT2D eigenvalue weighted by Crippen LogP contribution is 2.25. The molecule has 0 N–H and O–H groups in total. The first-order chi connectivity index (χ1) is 9.54. The molecule has 0 radical (unpaired) electrons. The predicted molar refractivity (Wildman–Crippen MR) is 74.1 cm³/mol. The summed E-state index contributed by atoms with van der Waals surface area (Å²) in [5.41, 5.74) is 1.41. The van der Waals surface area contributed by atoms with Gasteiger partial charge in [-0.05, 0) is 19.1 Å². The molecule has 1 aromatic carbocycles. The lowest BCUT2D eigenvalue weighted by Gasteiger charge is -2.08. The summed E-state index contributed by atoms with van der Waals surface area (Å²) < 4.78 is 16.9. The van der Waals surface area contributed by atoms with E-state index in [2.05, 4.69) is 15.1 Å². The van der Waals surface area contributed by atoms with Crippen LogP contribution >= 0.6 is 11.6 Å². The van der Waals surface area contributed by atoms with Crippen LogP contribution in [0.5, 0.6) is 0 Å². The van der Waals surface area contributed by atoms with E-state index in [1.54, 1.807) is 17.1 Å². The molecule has 0 saturated heterocycles. The Balaban J connectivity index is 2.13. The molecule has 20 heavy (non-hydrogen) atoms. The minimum absolute atomic E-state index is 0.283. The summed E-state index contributed by atoms with van der Waals surface area (Å²) in [6.07, 6.45) is 1.64. The number of alkyl halides is 1. The van der Waals surface area contributed by atoms with Crippen molar-refractivity contribution in [2.75, 3.05) is 0 Å². The van der Waals surface area contributed by atoms with E-state index in [0.717, 1.165) is 5.52 Å². The van der Waals surface area contributed by atoms with Crippen molar-refractivity contribution in [2.24, 2.45) is 7.05 Å². The second-order valence-electron chi connectivity index (χ2n) is 4.64. The molecule has 0 saturated carbocycles. The molecule has 5 nitrogen and oxygen atoms in total. The van der Waals surface area contributed by atoms with Gasteiger partial charge in [-0.2, -0.15) is 5.10 Å². The molecular formula is C13H13ClFN5. The first kappa shape index (κ1) is 13.1. The summed E-state index contributed by atoms with van der Waals surface area (Å²) in [6, 6.07) is 4.51. The largest absolute Gasteiger partial charge is 0.319 e. The SMILES string of the molecule is CC(Cl)c1nc2cc(F)ccc2n1Cc1ncn(C)n1.